The molecule has 3 N–H and O–H groups in total. The maximum Gasteiger partial charge on any atom is 0.329 e. The van der Waals surface area contributed by atoms with Gasteiger partial charge in [-0.05, 0) is 38.5 Å². The standard InChI is InChI=1S/C20H25ClN6O4/c1-11(2)31-10-15(28)9-27-16-17(26(4)20(30)23-18(16)29)22-19(27)25-24-12(3)13-5-7-14(21)8-6-13/h5-8,11,15,28H,9-10H2,1-4H3,(H,22,25)(H,23,29,30)/b24-12-/t15-/m0/s1. The van der Waals surface area contributed by atoms with Gasteiger partial charge in [-0.2, -0.15) is 10.1 Å². The zero-order chi connectivity index (χ0) is 22.7. The van der Waals surface area contributed by atoms with Gasteiger partial charge in [0, 0.05) is 12.1 Å². The van der Waals surface area contributed by atoms with Crippen LogP contribution in [0.4, 0.5) is 5.95 Å². The first-order valence-electron chi connectivity index (χ1n) is 9.72. The van der Waals surface area contributed by atoms with Crippen LogP contribution in [0, 0.1) is 0 Å². The fourth-order valence-electron chi connectivity index (χ4n) is 2.95. The third-order valence-corrected chi connectivity index (χ3v) is 4.86. The number of imidazole rings is 1. The molecule has 10 nitrogen and oxygen atoms in total. The summed E-state index contributed by atoms with van der Waals surface area (Å²) in [6.45, 7) is 5.62. The molecular formula is C20H25ClN6O4. The molecule has 0 aliphatic carbocycles. The van der Waals surface area contributed by atoms with Gasteiger partial charge in [0.25, 0.3) is 5.56 Å². The van der Waals surface area contributed by atoms with Crippen LogP contribution in [0.5, 0.6) is 0 Å². The van der Waals surface area contributed by atoms with Crippen molar-refractivity contribution in [3.8, 4) is 0 Å². The van der Waals surface area contributed by atoms with Crippen molar-refractivity contribution in [2.75, 3.05) is 12.0 Å². The Morgan fingerprint density at radius 2 is 2.00 bits per heavy atom. The van der Waals surface area contributed by atoms with Gasteiger partial charge in [0.15, 0.2) is 11.2 Å². The molecule has 0 saturated heterocycles. The molecule has 0 unspecified atom stereocenters. The first-order valence-corrected chi connectivity index (χ1v) is 10.1. The molecule has 0 bridgehead atoms. The van der Waals surface area contributed by atoms with Crippen molar-refractivity contribution in [2.45, 2.75) is 39.5 Å². The van der Waals surface area contributed by atoms with E-state index in [2.05, 4.69) is 20.5 Å². The molecule has 1 aromatic carbocycles. The highest BCUT2D eigenvalue weighted by molar-refractivity contribution is 6.30. The Bertz CT molecular complexity index is 1210. The van der Waals surface area contributed by atoms with Crippen molar-refractivity contribution in [3.05, 3.63) is 55.7 Å². The van der Waals surface area contributed by atoms with Gasteiger partial charge in [0.1, 0.15) is 0 Å². The zero-order valence-electron chi connectivity index (χ0n) is 17.7. The summed E-state index contributed by atoms with van der Waals surface area (Å²) in [5.74, 6) is 0.207. The molecule has 3 rings (SSSR count). The van der Waals surface area contributed by atoms with Crippen LogP contribution in [-0.2, 0) is 18.3 Å². The molecule has 166 valence electrons. The van der Waals surface area contributed by atoms with Gasteiger partial charge >= 0.3 is 5.69 Å². The van der Waals surface area contributed by atoms with Crippen LogP contribution >= 0.6 is 11.6 Å². The summed E-state index contributed by atoms with van der Waals surface area (Å²) in [5, 5.41) is 15.4. The van der Waals surface area contributed by atoms with E-state index in [-0.39, 0.29) is 36.4 Å². The number of aryl methyl sites for hydroxylation is 1. The number of halogens is 1. The topological polar surface area (TPSA) is 127 Å². The lowest BCUT2D eigenvalue weighted by Crippen LogP contribution is -2.30. The molecule has 0 aliphatic rings. The summed E-state index contributed by atoms with van der Waals surface area (Å²) in [6.07, 6.45) is -0.957. The Balaban J connectivity index is 2.00. The molecule has 1 atom stereocenters. The van der Waals surface area contributed by atoms with E-state index >= 15 is 0 Å². The average molecular weight is 449 g/mol. The highest BCUT2D eigenvalue weighted by Crippen LogP contribution is 2.17. The molecule has 0 radical (unpaired) electrons. The number of hydrogen-bond acceptors (Lipinski definition) is 7. The second-order valence-corrected chi connectivity index (χ2v) is 7.82. The number of aliphatic hydroxyl groups is 1. The van der Waals surface area contributed by atoms with E-state index < -0.39 is 17.4 Å². The largest absolute Gasteiger partial charge is 0.389 e. The summed E-state index contributed by atoms with van der Waals surface area (Å²) in [6, 6.07) is 7.16. The number of nitrogens with one attached hydrogen (secondary N) is 2. The van der Waals surface area contributed by atoms with E-state index in [1.807, 2.05) is 26.0 Å². The molecular weight excluding hydrogens is 424 g/mol. The number of fused-ring (bicyclic) bond motifs is 1. The van der Waals surface area contributed by atoms with Crippen molar-refractivity contribution in [3.63, 3.8) is 0 Å². The Kier molecular flexibility index (Phi) is 6.94. The fraction of sp³-hybridized carbons (Fsp3) is 0.400. The third kappa shape index (κ3) is 5.22. The van der Waals surface area contributed by atoms with Crippen molar-refractivity contribution >= 4 is 34.4 Å². The predicted octanol–water partition coefficient (Wildman–Crippen LogP) is 1.70. The lowest BCUT2D eigenvalue weighted by molar-refractivity contribution is -0.000105. The van der Waals surface area contributed by atoms with Gasteiger partial charge in [-0.3, -0.25) is 14.3 Å². The second kappa shape index (κ2) is 9.46. The van der Waals surface area contributed by atoms with Crippen LogP contribution in [0.25, 0.3) is 11.2 Å². The normalized spacial score (nSPS) is 13.2. The molecule has 2 aromatic heterocycles. The maximum absolute atomic E-state index is 12.5. The highest BCUT2D eigenvalue weighted by Gasteiger charge is 2.20. The maximum atomic E-state index is 12.5. The number of H-pyrrole nitrogens is 1. The summed E-state index contributed by atoms with van der Waals surface area (Å²) < 4.78 is 8.17. The lowest BCUT2D eigenvalue weighted by atomic mass is 10.1. The molecule has 0 saturated carbocycles. The van der Waals surface area contributed by atoms with Crippen LogP contribution in [-0.4, -0.2) is 48.7 Å². The number of rotatable bonds is 8. The van der Waals surface area contributed by atoms with Gasteiger partial charge in [-0.25, -0.2) is 10.2 Å². The Hall–Kier alpha value is -2.95. The fourth-order valence-corrected chi connectivity index (χ4v) is 3.08. The van der Waals surface area contributed by atoms with E-state index in [4.69, 9.17) is 16.3 Å². The number of anilines is 1. The van der Waals surface area contributed by atoms with E-state index in [1.165, 1.54) is 16.2 Å². The number of aliphatic hydroxyl groups excluding tert-OH is 1. The number of benzene rings is 1. The smallest absolute Gasteiger partial charge is 0.329 e. The SMILES string of the molecule is C/C(=N/Nc1nc2c(c(=O)[nH]c(=O)n2C)n1C[C@H](O)COC(C)C)c1ccc(Cl)cc1. The Labute approximate surface area is 183 Å². The number of nitrogens with zero attached hydrogens (tertiary/aromatic N) is 4. The van der Waals surface area contributed by atoms with Gasteiger partial charge in [0.05, 0.1) is 31.1 Å². The van der Waals surface area contributed by atoms with Gasteiger partial charge < -0.3 is 14.4 Å². The molecule has 31 heavy (non-hydrogen) atoms. The monoisotopic (exact) mass is 448 g/mol. The molecule has 0 aliphatic heterocycles. The molecule has 0 spiro atoms. The Morgan fingerprint density at radius 3 is 2.65 bits per heavy atom. The summed E-state index contributed by atoms with van der Waals surface area (Å²) in [4.78, 5) is 31.1. The van der Waals surface area contributed by atoms with E-state index in [1.54, 1.807) is 19.1 Å². The summed E-state index contributed by atoms with van der Waals surface area (Å²) in [7, 11) is 1.50. The molecule has 3 aromatic rings. The Morgan fingerprint density at radius 1 is 1.32 bits per heavy atom. The molecule has 0 amide bonds. The summed E-state index contributed by atoms with van der Waals surface area (Å²) >= 11 is 5.93. The number of hydrogen-bond donors (Lipinski definition) is 3. The van der Waals surface area contributed by atoms with Crippen molar-refractivity contribution in [1.82, 2.24) is 19.1 Å². The van der Waals surface area contributed by atoms with Crippen molar-refractivity contribution in [1.29, 1.82) is 0 Å². The molecule has 11 heteroatoms. The number of aromatic amines is 1. The van der Waals surface area contributed by atoms with Crippen molar-refractivity contribution in [2.24, 2.45) is 12.1 Å². The van der Waals surface area contributed by atoms with E-state index in [0.717, 1.165) is 5.56 Å². The summed E-state index contributed by atoms with van der Waals surface area (Å²) in [5.41, 5.74) is 3.48. The van der Waals surface area contributed by atoms with E-state index in [9.17, 15) is 14.7 Å². The number of aromatic nitrogens is 4. The second-order valence-electron chi connectivity index (χ2n) is 7.39. The molecule has 2 heterocycles. The van der Waals surface area contributed by atoms with E-state index in [0.29, 0.717) is 10.7 Å². The lowest BCUT2D eigenvalue weighted by Gasteiger charge is -2.16. The minimum absolute atomic E-state index is 0.0162. The molecule has 0 fully saturated rings. The van der Waals surface area contributed by atoms with Crippen LogP contribution in [0.15, 0.2) is 39.0 Å². The van der Waals surface area contributed by atoms with Gasteiger partial charge in [-0.15, -0.1) is 0 Å². The van der Waals surface area contributed by atoms with Crippen LogP contribution in [0.2, 0.25) is 5.02 Å². The first kappa shape index (κ1) is 22.7. The van der Waals surface area contributed by atoms with Crippen LogP contribution in [0.1, 0.15) is 26.3 Å². The third-order valence-electron chi connectivity index (χ3n) is 4.61. The minimum Gasteiger partial charge on any atom is -0.389 e. The van der Waals surface area contributed by atoms with Crippen LogP contribution in [0.3, 0.4) is 0 Å². The highest BCUT2D eigenvalue weighted by atomic mass is 35.5. The quantitative estimate of drug-likeness (QED) is 0.355. The number of hydrazone groups is 1. The first-order chi connectivity index (χ1) is 14.7. The van der Waals surface area contributed by atoms with Gasteiger partial charge in [-0.1, -0.05) is 23.7 Å². The number of ether oxygens (including phenoxy) is 1. The minimum atomic E-state index is -0.904. The van der Waals surface area contributed by atoms with Gasteiger partial charge in [0.2, 0.25) is 5.95 Å². The average Bonchev–Trinajstić information content (AvgIpc) is 3.08. The van der Waals surface area contributed by atoms with Crippen molar-refractivity contribution < 1.29 is 9.84 Å². The zero-order valence-corrected chi connectivity index (χ0v) is 18.5. The van der Waals surface area contributed by atoms with Crippen LogP contribution < -0.4 is 16.7 Å². The predicted molar refractivity (Wildman–Crippen MR) is 120 cm³/mol.